The third-order valence-corrected chi connectivity index (χ3v) is 15.2. The SMILES string of the molecule is CC/C=C\C/C=C\C/C=C\C/C=C\C/C=C\C/C=C\CCCCC(=O)OC(COC(=O)CCCCCCCC)COC(=O)CCCCCCCCCCCCCCCCCCCCCCCCCCCCCCCCCCCC. The Morgan fingerprint density at radius 1 is 0.266 bits per heavy atom. The molecule has 0 rings (SSSR count). The van der Waals surface area contributed by atoms with Crippen LogP contribution in [-0.4, -0.2) is 37.2 Å². The molecule has 1 unspecified atom stereocenters. The van der Waals surface area contributed by atoms with Crippen LogP contribution in [0.15, 0.2) is 72.9 Å². The molecule has 0 saturated heterocycles. The maximum absolute atomic E-state index is 12.8. The topological polar surface area (TPSA) is 78.9 Å². The van der Waals surface area contributed by atoms with Crippen LogP contribution < -0.4 is 0 Å². The predicted molar refractivity (Wildman–Crippen MR) is 344 cm³/mol. The van der Waals surface area contributed by atoms with E-state index in [4.69, 9.17) is 14.2 Å². The number of unbranched alkanes of at least 4 members (excludes halogenated alkanes) is 40. The van der Waals surface area contributed by atoms with Crippen LogP contribution in [0.5, 0.6) is 0 Å². The number of hydrogen-bond acceptors (Lipinski definition) is 6. The molecule has 6 nitrogen and oxygen atoms in total. The van der Waals surface area contributed by atoms with Crippen LogP contribution in [0.1, 0.15) is 355 Å². The van der Waals surface area contributed by atoms with Gasteiger partial charge in [-0.05, 0) is 70.6 Å². The van der Waals surface area contributed by atoms with E-state index >= 15 is 0 Å². The standard InChI is InChI=1S/C73H130O6/c1-4-7-10-13-16-18-20-22-24-26-28-30-31-32-33-34-35-36-37-38-39-40-41-42-44-45-47-49-51-53-55-57-60-63-66-72(75)78-69-70(68-77-71(74)65-62-59-15-12-9-6-3)79-73(76)67-64-61-58-56-54-52-50-48-46-43-29-27-25-23-21-19-17-14-11-8-5-2/h8,11,17,19,23,25,29,43,48,50,54,56,70H,4-7,9-10,12-16,18,20-22,24,26-28,30-42,44-47,49,51-53,55,57-69H2,1-3H3/b11-8-,19-17-,25-23-,43-29-,50-48-,56-54-. The molecular weight excluding hydrogens is 973 g/mol. The molecule has 0 radical (unpaired) electrons. The number of carbonyl (C=O) groups excluding carboxylic acids is 3. The summed E-state index contributed by atoms with van der Waals surface area (Å²) in [5.41, 5.74) is 0. The fourth-order valence-electron chi connectivity index (χ4n) is 10.1. The van der Waals surface area contributed by atoms with Gasteiger partial charge in [-0.25, -0.2) is 0 Å². The van der Waals surface area contributed by atoms with E-state index in [0.29, 0.717) is 19.3 Å². The summed E-state index contributed by atoms with van der Waals surface area (Å²) in [7, 11) is 0. The van der Waals surface area contributed by atoms with Crippen LogP contribution in [0.3, 0.4) is 0 Å². The van der Waals surface area contributed by atoms with E-state index in [1.807, 2.05) is 0 Å². The van der Waals surface area contributed by atoms with E-state index in [2.05, 4.69) is 93.7 Å². The van der Waals surface area contributed by atoms with E-state index in [-0.39, 0.29) is 37.5 Å². The van der Waals surface area contributed by atoms with Crippen molar-refractivity contribution in [1.82, 2.24) is 0 Å². The molecule has 0 heterocycles. The van der Waals surface area contributed by atoms with E-state index in [0.717, 1.165) is 89.9 Å². The van der Waals surface area contributed by atoms with Gasteiger partial charge < -0.3 is 14.2 Å². The van der Waals surface area contributed by atoms with Gasteiger partial charge in [0.2, 0.25) is 0 Å². The molecule has 0 amide bonds. The molecule has 6 heteroatoms. The third kappa shape index (κ3) is 65.5. The maximum atomic E-state index is 12.8. The normalized spacial score (nSPS) is 12.5. The van der Waals surface area contributed by atoms with Crippen molar-refractivity contribution in [3.8, 4) is 0 Å². The summed E-state index contributed by atoms with van der Waals surface area (Å²) in [6.45, 7) is 6.47. The van der Waals surface area contributed by atoms with Crippen molar-refractivity contribution < 1.29 is 28.6 Å². The molecule has 0 saturated carbocycles. The molecule has 0 fully saturated rings. The monoisotopic (exact) mass is 1100 g/mol. The Kier molecular flexibility index (Phi) is 64.7. The van der Waals surface area contributed by atoms with Crippen molar-refractivity contribution in [3.63, 3.8) is 0 Å². The smallest absolute Gasteiger partial charge is 0.306 e. The first-order chi connectivity index (χ1) is 39.0. The molecule has 0 N–H and O–H groups in total. The van der Waals surface area contributed by atoms with Crippen LogP contribution in [0, 0.1) is 0 Å². The predicted octanol–water partition coefficient (Wildman–Crippen LogP) is 23.7. The highest BCUT2D eigenvalue weighted by Gasteiger charge is 2.19. The minimum absolute atomic E-state index is 0.0902. The van der Waals surface area contributed by atoms with Crippen molar-refractivity contribution in [2.75, 3.05) is 13.2 Å². The zero-order chi connectivity index (χ0) is 57.1. The first-order valence-corrected chi connectivity index (χ1v) is 34.4. The molecule has 0 aliphatic rings. The van der Waals surface area contributed by atoms with Crippen molar-refractivity contribution in [3.05, 3.63) is 72.9 Å². The second-order valence-corrected chi connectivity index (χ2v) is 23.1. The molecule has 0 aromatic heterocycles. The molecule has 1 atom stereocenters. The summed E-state index contributed by atoms with van der Waals surface area (Å²) in [4.78, 5) is 38.0. The molecular formula is C73H130O6. The van der Waals surface area contributed by atoms with Gasteiger partial charge in [-0.2, -0.15) is 0 Å². The molecule has 0 aromatic rings. The minimum Gasteiger partial charge on any atom is -0.462 e. The Balaban J connectivity index is 3.99. The van der Waals surface area contributed by atoms with Gasteiger partial charge in [-0.3, -0.25) is 14.4 Å². The summed E-state index contributed by atoms with van der Waals surface area (Å²) in [6.07, 6.45) is 88.5. The summed E-state index contributed by atoms with van der Waals surface area (Å²) < 4.78 is 16.8. The lowest BCUT2D eigenvalue weighted by atomic mass is 10.0. The summed E-state index contributed by atoms with van der Waals surface area (Å²) in [5.74, 6) is -0.931. The molecule has 0 aliphatic heterocycles. The van der Waals surface area contributed by atoms with Crippen molar-refractivity contribution >= 4 is 17.9 Å². The largest absolute Gasteiger partial charge is 0.462 e. The summed E-state index contributed by atoms with van der Waals surface area (Å²) in [5, 5.41) is 0. The maximum Gasteiger partial charge on any atom is 0.306 e. The van der Waals surface area contributed by atoms with Gasteiger partial charge in [0.15, 0.2) is 6.10 Å². The first kappa shape index (κ1) is 75.8. The van der Waals surface area contributed by atoms with Gasteiger partial charge in [0.1, 0.15) is 13.2 Å². The number of carbonyl (C=O) groups is 3. The Hall–Kier alpha value is -3.15. The summed E-state index contributed by atoms with van der Waals surface area (Å²) >= 11 is 0. The van der Waals surface area contributed by atoms with Gasteiger partial charge in [0.25, 0.3) is 0 Å². The first-order valence-electron chi connectivity index (χ1n) is 34.4. The fraction of sp³-hybridized carbons (Fsp3) is 0.795. The summed E-state index contributed by atoms with van der Waals surface area (Å²) in [6, 6.07) is 0. The molecule has 458 valence electrons. The molecule has 79 heavy (non-hydrogen) atoms. The highest BCUT2D eigenvalue weighted by molar-refractivity contribution is 5.71. The Labute approximate surface area is 491 Å². The number of ether oxygens (including phenoxy) is 3. The molecule has 0 spiro atoms. The van der Waals surface area contributed by atoms with Gasteiger partial charge >= 0.3 is 17.9 Å². The average molecular weight is 1100 g/mol. The molecule has 0 aromatic carbocycles. The van der Waals surface area contributed by atoms with E-state index < -0.39 is 6.10 Å². The van der Waals surface area contributed by atoms with E-state index in [1.54, 1.807) is 0 Å². The Bertz CT molecular complexity index is 1450. The van der Waals surface area contributed by atoms with Crippen LogP contribution in [0.25, 0.3) is 0 Å². The lowest BCUT2D eigenvalue weighted by molar-refractivity contribution is -0.167. The quantitative estimate of drug-likeness (QED) is 0.0261. The second kappa shape index (κ2) is 67.4. The van der Waals surface area contributed by atoms with Crippen LogP contribution in [0.4, 0.5) is 0 Å². The number of allylic oxidation sites excluding steroid dienone is 12. The molecule has 0 bridgehead atoms. The van der Waals surface area contributed by atoms with Gasteiger partial charge in [0.05, 0.1) is 0 Å². The zero-order valence-corrected chi connectivity index (χ0v) is 52.6. The Morgan fingerprint density at radius 3 is 0.772 bits per heavy atom. The van der Waals surface area contributed by atoms with Crippen molar-refractivity contribution in [2.45, 2.75) is 361 Å². The highest BCUT2D eigenvalue weighted by atomic mass is 16.6. The lowest BCUT2D eigenvalue weighted by Crippen LogP contribution is -2.30. The molecule has 0 aliphatic carbocycles. The van der Waals surface area contributed by atoms with E-state index in [9.17, 15) is 14.4 Å². The van der Waals surface area contributed by atoms with E-state index in [1.165, 1.54) is 218 Å². The minimum atomic E-state index is -0.795. The van der Waals surface area contributed by atoms with Crippen LogP contribution >= 0.6 is 0 Å². The van der Waals surface area contributed by atoms with Crippen LogP contribution in [-0.2, 0) is 28.6 Å². The fourth-order valence-corrected chi connectivity index (χ4v) is 10.1. The van der Waals surface area contributed by atoms with Gasteiger partial charge in [0, 0.05) is 19.3 Å². The Morgan fingerprint density at radius 2 is 0.494 bits per heavy atom. The highest BCUT2D eigenvalue weighted by Crippen LogP contribution is 2.18. The van der Waals surface area contributed by atoms with Gasteiger partial charge in [-0.1, -0.05) is 338 Å². The van der Waals surface area contributed by atoms with Crippen LogP contribution in [0.2, 0.25) is 0 Å². The zero-order valence-electron chi connectivity index (χ0n) is 52.6. The lowest BCUT2D eigenvalue weighted by Gasteiger charge is -2.18. The third-order valence-electron chi connectivity index (χ3n) is 15.2. The number of rotatable bonds is 63. The number of esters is 3. The van der Waals surface area contributed by atoms with Gasteiger partial charge in [-0.15, -0.1) is 0 Å². The average Bonchev–Trinajstić information content (AvgIpc) is 3.45. The second-order valence-electron chi connectivity index (χ2n) is 23.1. The number of hydrogen-bond donors (Lipinski definition) is 0. The van der Waals surface area contributed by atoms with Crippen molar-refractivity contribution in [1.29, 1.82) is 0 Å². The van der Waals surface area contributed by atoms with Crippen molar-refractivity contribution in [2.24, 2.45) is 0 Å².